The maximum Gasteiger partial charge on any atom is 0.304 e. The van der Waals surface area contributed by atoms with Crippen molar-refractivity contribution in [2.75, 3.05) is 17.1 Å². The van der Waals surface area contributed by atoms with Gasteiger partial charge >= 0.3 is 5.97 Å². The van der Waals surface area contributed by atoms with Crippen molar-refractivity contribution >= 4 is 50.8 Å². The third kappa shape index (κ3) is 6.69. The van der Waals surface area contributed by atoms with Crippen LogP contribution in [0.2, 0.25) is 10.0 Å². The first-order valence-corrected chi connectivity index (χ1v) is 16.7. The van der Waals surface area contributed by atoms with E-state index >= 15 is 4.39 Å². The predicted molar refractivity (Wildman–Crippen MR) is 165 cm³/mol. The molecule has 1 saturated carbocycles. The van der Waals surface area contributed by atoms with Crippen LogP contribution in [-0.2, 0) is 19.6 Å². The molecule has 0 spiro atoms. The fourth-order valence-corrected chi connectivity index (χ4v) is 7.68. The number of rotatable bonds is 10. The highest BCUT2D eigenvalue weighted by molar-refractivity contribution is 7.92. The number of likely N-dealkylation sites (tertiary alicyclic amines) is 1. The Hall–Kier alpha value is -3.14. The number of halogens is 3. The normalized spacial score (nSPS) is 23.2. The first-order chi connectivity index (χ1) is 20.3. The zero-order valence-corrected chi connectivity index (χ0v) is 26.1. The molecule has 0 bridgehead atoms. The molecule has 7 nitrogen and oxygen atoms in total. The number of anilines is 1. The van der Waals surface area contributed by atoms with E-state index in [0.29, 0.717) is 10.0 Å². The molecular formula is C32H33Cl2FN2O5S. The number of piperidine rings is 1. The number of hydrogen-bond acceptors (Lipinski definition) is 4. The third-order valence-electron chi connectivity index (χ3n) is 8.53. The second-order valence-corrected chi connectivity index (χ2v) is 14.6. The Morgan fingerprint density at radius 1 is 1.05 bits per heavy atom. The van der Waals surface area contributed by atoms with Gasteiger partial charge in [0.05, 0.1) is 42.4 Å². The zero-order valence-electron chi connectivity index (χ0n) is 23.8. The lowest BCUT2D eigenvalue weighted by atomic mass is 9.67. The second kappa shape index (κ2) is 12.1. The number of benzene rings is 3. The Morgan fingerprint density at radius 2 is 1.72 bits per heavy atom. The Labute approximate surface area is 261 Å². The number of carbonyl (C=O) groups is 2. The molecule has 2 fully saturated rings. The van der Waals surface area contributed by atoms with Gasteiger partial charge in [-0.1, -0.05) is 66.5 Å². The van der Waals surface area contributed by atoms with Crippen molar-refractivity contribution in [2.45, 2.75) is 50.6 Å². The van der Waals surface area contributed by atoms with E-state index in [1.54, 1.807) is 36.1 Å². The van der Waals surface area contributed by atoms with E-state index in [-0.39, 0.29) is 36.4 Å². The van der Waals surface area contributed by atoms with Crippen LogP contribution in [0.4, 0.5) is 10.1 Å². The second-order valence-electron chi connectivity index (χ2n) is 11.9. The van der Waals surface area contributed by atoms with Gasteiger partial charge in [0.2, 0.25) is 15.9 Å². The molecule has 1 heterocycles. The fourth-order valence-electron chi connectivity index (χ4n) is 6.43. The summed E-state index contributed by atoms with van der Waals surface area (Å²) in [5.41, 5.74) is 0.179. The van der Waals surface area contributed by atoms with Crippen molar-refractivity contribution < 1.29 is 27.5 Å². The number of amides is 1. The Morgan fingerprint density at radius 3 is 2.30 bits per heavy atom. The van der Waals surface area contributed by atoms with E-state index in [9.17, 15) is 23.1 Å². The molecule has 11 heteroatoms. The van der Waals surface area contributed by atoms with Crippen molar-refractivity contribution in [3.05, 3.63) is 99.8 Å². The maximum atomic E-state index is 15.0. The van der Waals surface area contributed by atoms with Gasteiger partial charge in [-0.05, 0) is 72.7 Å². The molecule has 3 aromatic carbocycles. The summed E-state index contributed by atoms with van der Waals surface area (Å²) in [5.74, 6) is -2.65. The van der Waals surface area contributed by atoms with Crippen LogP contribution in [0.15, 0.2) is 72.8 Å². The SMILES string of the molecule is CC1(CC(=O)O)CC(c2cccc(Cl)c2)C(c2ccc(Cl)cc2)N(C(CN(c2ccccc2F)S(C)(=O)=O)C2CC2)C1=O. The zero-order chi connectivity index (χ0) is 31.1. The Bertz CT molecular complexity index is 1630. The van der Waals surface area contributed by atoms with Crippen molar-refractivity contribution in [1.29, 1.82) is 0 Å². The van der Waals surface area contributed by atoms with Gasteiger partial charge in [-0.2, -0.15) is 0 Å². The number of sulfonamides is 1. The van der Waals surface area contributed by atoms with E-state index in [4.69, 9.17) is 23.2 Å². The van der Waals surface area contributed by atoms with E-state index < -0.39 is 45.7 Å². The number of carboxylic acid groups (broad SMARTS) is 1. The molecule has 228 valence electrons. The Kier molecular flexibility index (Phi) is 8.80. The summed E-state index contributed by atoms with van der Waals surface area (Å²) in [6.45, 7) is 1.47. The topological polar surface area (TPSA) is 95.0 Å². The summed E-state index contributed by atoms with van der Waals surface area (Å²) in [5, 5.41) is 10.9. The van der Waals surface area contributed by atoms with E-state index in [1.807, 2.05) is 30.3 Å². The Balaban J connectivity index is 1.71. The van der Waals surface area contributed by atoms with E-state index in [1.165, 1.54) is 18.2 Å². The van der Waals surface area contributed by atoms with Crippen LogP contribution < -0.4 is 4.31 Å². The standard InChI is InChI=1S/C32H33Cl2FN2O5S/c1-32(18-29(38)39)17-25(22-6-5-7-24(34)16-22)30(21-12-14-23(33)15-13-21)37(31(32)40)28(20-10-11-20)19-36(43(2,41)42)27-9-4-3-8-26(27)35/h3-9,12-16,20,25,28,30H,10-11,17-19H2,1-2H3,(H,38,39). The lowest BCUT2D eigenvalue weighted by Crippen LogP contribution is -2.59. The molecule has 4 atom stereocenters. The van der Waals surface area contributed by atoms with Crippen molar-refractivity contribution in [3.8, 4) is 0 Å². The van der Waals surface area contributed by atoms with Gasteiger partial charge in [-0.15, -0.1) is 0 Å². The summed E-state index contributed by atoms with van der Waals surface area (Å²) in [4.78, 5) is 28.5. The number of carboxylic acids is 1. The van der Waals surface area contributed by atoms with E-state index in [0.717, 1.165) is 34.5 Å². The molecule has 2 aliphatic rings. The molecule has 1 amide bonds. The molecule has 3 aromatic rings. The van der Waals surface area contributed by atoms with Crippen LogP contribution in [0.25, 0.3) is 0 Å². The number of carbonyl (C=O) groups excluding carboxylic acids is 1. The van der Waals surface area contributed by atoms with Crippen LogP contribution in [0.1, 0.15) is 55.7 Å². The molecule has 1 aliphatic heterocycles. The van der Waals surface area contributed by atoms with Crippen LogP contribution in [0.3, 0.4) is 0 Å². The van der Waals surface area contributed by atoms with Gasteiger partial charge in [0.1, 0.15) is 5.82 Å². The first-order valence-electron chi connectivity index (χ1n) is 14.1. The minimum absolute atomic E-state index is 0.0676. The van der Waals surface area contributed by atoms with Crippen LogP contribution in [0, 0.1) is 17.2 Å². The van der Waals surface area contributed by atoms with Crippen molar-refractivity contribution in [3.63, 3.8) is 0 Å². The maximum absolute atomic E-state index is 15.0. The molecule has 1 aliphatic carbocycles. The number of para-hydroxylation sites is 1. The quantitative estimate of drug-likeness (QED) is 0.258. The smallest absolute Gasteiger partial charge is 0.304 e. The van der Waals surface area contributed by atoms with Crippen LogP contribution in [-0.4, -0.2) is 49.1 Å². The summed E-state index contributed by atoms with van der Waals surface area (Å²) in [7, 11) is -3.98. The summed E-state index contributed by atoms with van der Waals surface area (Å²) >= 11 is 12.7. The summed E-state index contributed by atoms with van der Waals surface area (Å²) in [6.07, 6.45) is 2.32. The molecule has 0 radical (unpaired) electrons. The minimum atomic E-state index is -3.98. The van der Waals surface area contributed by atoms with Gasteiger partial charge < -0.3 is 10.0 Å². The number of aliphatic carboxylic acids is 1. The van der Waals surface area contributed by atoms with Gasteiger partial charge in [-0.3, -0.25) is 13.9 Å². The lowest BCUT2D eigenvalue weighted by Gasteiger charge is -2.52. The lowest BCUT2D eigenvalue weighted by molar-refractivity contribution is -0.160. The molecular weight excluding hydrogens is 614 g/mol. The minimum Gasteiger partial charge on any atom is -0.481 e. The molecule has 5 rings (SSSR count). The number of hydrogen-bond donors (Lipinski definition) is 1. The third-order valence-corrected chi connectivity index (χ3v) is 10.2. The summed E-state index contributed by atoms with van der Waals surface area (Å²) in [6, 6.07) is 18.8. The molecule has 0 aromatic heterocycles. The van der Waals surface area contributed by atoms with Gasteiger partial charge in [0.15, 0.2) is 0 Å². The largest absolute Gasteiger partial charge is 0.481 e. The van der Waals surface area contributed by atoms with Crippen molar-refractivity contribution in [1.82, 2.24) is 4.90 Å². The highest BCUT2D eigenvalue weighted by atomic mass is 35.5. The predicted octanol–water partition coefficient (Wildman–Crippen LogP) is 6.92. The molecule has 43 heavy (non-hydrogen) atoms. The van der Waals surface area contributed by atoms with Gasteiger partial charge in [-0.25, -0.2) is 12.8 Å². The average Bonchev–Trinajstić information content (AvgIpc) is 3.77. The average molecular weight is 648 g/mol. The highest BCUT2D eigenvalue weighted by Crippen LogP contribution is 2.54. The first kappa shape index (κ1) is 31.3. The highest BCUT2D eigenvalue weighted by Gasteiger charge is 2.55. The molecule has 1 N–H and O–H groups in total. The molecule has 1 saturated heterocycles. The monoisotopic (exact) mass is 646 g/mol. The van der Waals surface area contributed by atoms with Gasteiger partial charge in [0.25, 0.3) is 0 Å². The van der Waals surface area contributed by atoms with Gasteiger partial charge in [0, 0.05) is 16.0 Å². The fraction of sp³-hybridized carbons (Fsp3) is 0.375. The van der Waals surface area contributed by atoms with Crippen LogP contribution >= 0.6 is 23.2 Å². The molecule has 4 unspecified atom stereocenters. The van der Waals surface area contributed by atoms with Crippen molar-refractivity contribution in [2.24, 2.45) is 11.3 Å². The summed E-state index contributed by atoms with van der Waals surface area (Å²) < 4.78 is 42.4. The van der Waals surface area contributed by atoms with E-state index in [2.05, 4.69) is 0 Å². The van der Waals surface area contributed by atoms with Crippen LogP contribution in [0.5, 0.6) is 0 Å². The number of nitrogens with zero attached hydrogens (tertiary/aromatic N) is 2.